The van der Waals surface area contributed by atoms with Gasteiger partial charge in [-0.2, -0.15) is 12.8 Å². The maximum absolute atomic E-state index is 3.78. The van der Waals surface area contributed by atoms with Crippen molar-refractivity contribution in [2.75, 3.05) is 0 Å². The zero-order chi connectivity index (χ0) is 5.70. The summed E-state index contributed by atoms with van der Waals surface area (Å²) < 4.78 is 0. The van der Waals surface area contributed by atoms with E-state index in [1.165, 1.54) is 6.42 Å². The Labute approximate surface area is 78.3 Å². The summed E-state index contributed by atoms with van der Waals surface area (Å²) in [5.74, 6) is 0.775. The Morgan fingerprint density at radius 3 is 2.00 bits per heavy atom. The molecule has 1 heteroatoms. The average Bonchev–Trinajstić information content (AvgIpc) is 1.68. The first-order valence-electron chi connectivity index (χ1n) is 2.89. The Morgan fingerprint density at radius 2 is 1.88 bits per heavy atom. The van der Waals surface area contributed by atoms with Crippen molar-refractivity contribution >= 4 is 0 Å². The summed E-state index contributed by atoms with van der Waals surface area (Å²) in [6.45, 7) is 9.73. The van der Waals surface area contributed by atoms with Crippen LogP contribution < -0.4 is 0 Å². The molecule has 0 bridgehead atoms. The summed E-state index contributed by atoms with van der Waals surface area (Å²) in [7, 11) is 0. The first-order chi connectivity index (χ1) is 3.31. The molecule has 0 aliphatic carbocycles. The Kier molecular flexibility index (Phi) is 12.0. The predicted molar refractivity (Wildman–Crippen MR) is 33.7 cm³/mol. The van der Waals surface area contributed by atoms with Gasteiger partial charge in [-0.15, -0.1) is 0 Å². The van der Waals surface area contributed by atoms with Crippen LogP contribution in [0, 0.1) is 19.8 Å². The van der Waals surface area contributed by atoms with Crippen LogP contribution in [0.5, 0.6) is 0 Å². The van der Waals surface area contributed by atoms with E-state index in [9.17, 15) is 0 Å². The van der Waals surface area contributed by atoms with Gasteiger partial charge in [0.1, 0.15) is 0 Å². The van der Waals surface area contributed by atoms with Crippen molar-refractivity contribution in [3.8, 4) is 0 Å². The second kappa shape index (κ2) is 8.10. The molecule has 0 spiro atoms. The quantitative estimate of drug-likeness (QED) is 0.595. The molecular weight excluding hydrogens is 173 g/mol. The molecule has 0 N–H and O–H groups in total. The molecule has 0 heterocycles. The van der Waals surface area contributed by atoms with Crippen molar-refractivity contribution in [1.29, 1.82) is 0 Å². The molecule has 0 aromatic carbocycles. The summed E-state index contributed by atoms with van der Waals surface area (Å²) in [5.41, 5.74) is 0. The average molecular weight is 187 g/mol. The van der Waals surface area contributed by atoms with Gasteiger partial charge >= 0.3 is 0 Å². The minimum Gasteiger partial charge on any atom is -0.343 e. The van der Waals surface area contributed by atoms with E-state index >= 15 is 0 Å². The van der Waals surface area contributed by atoms with E-state index in [-0.39, 0.29) is 32.7 Å². The Balaban J connectivity index is 0. The number of hydrogen-bond donors (Lipinski definition) is 0. The molecule has 0 nitrogen and oxygen atoms in total. The first kappa shape index (κ1) is 11.8. The van der Waals surface area contributed by atoms with Crippen LogP contribution in [0.25, 0.3) is 0 Å². The number of hydrogen-bond acceptors (Lipinski definition) is 0. The van der Waals surface area contributed by atoms with E-state index in [4.69, 9.17) is 0 Å². The van der Waals surface area contributed by atoms with Crippen molar-refractivity contribution in [1.82, 2.24) is 0 Å². The smallest absolute Gasteiger partial charge is 0 e. The largest absolute Gasteiger partial charge is 0.343 e. The Bertz CT molecular complexity index is 35.4. The summed E-state index contributed by atoms with van der Waals surface area (Å²) in [6.07, 6.45) is 3.33. The van der Waals surface area contributed by atoms with Gasteiger partial charge in [-0.25, -0.2) is 0 Å². The van der Waals surface area contributed by atoms with E-state index in [0.29, 0.717) is 0 Å². The number of rotatable bonds is 3. The van der Waals surface area contributed by atoms with Crippen LogP contribution in [-0.2, 0) is 32.7 Å². The van der Waals surface area contributed by atoms with Gasteiger partial charge in [0.15, 0.2) is 0 Å². The molecule has 0 saturated heterocycles. The molecule has 1 unspecified atom stereocenters. The van der Waals surface area contributed by atoms with Crippen molar-refractivity contribution in [3.63, 3.8) is 0 Å². The molecular formula is C7H14Y-2. The van der Waals surface area contributed by atoms with Gasteiger partial charge in [-0.3, -0.25) is 0 Å². The van der Waals surface area contributed by atoms with Crippen molar-refractivity contribution < 1.29 is 32.7 Å². The maximum atomic E-state index is 3.78. The van der Waals surface area contributed by atoms with Crippen LogP contribution in [0.2, 0.25) is 0 Å². The van der Waals surface area contributed by atoms with Gasteiger partial charge in [-0.1, -0.05) is 19.3 Å². The summed E-state index contributed by atoms with van der Waals surface area (Å²) >= 11 is 0. The SMILES string of the molecule is [CH2-]CCC(C)C[CH2-].[Y]. The maximum Gasteiger partial charge on any atom is 0 e. The molecule has 0 amide bonds. The van der Waals surface area contributed by atoms with Crippen molar-refractivity contribution in [2.24, 2.45) is 5.92 Å². The molecule has 8 heavy (non-hydrogen) atoms. The molecule has 0 rings (SSSR count). The van der Waals surface area contributed by atoms with Gasteiger partial charge in [0, 0.05) is 32.7 Å². The fourth-order valence-electron chi connectivity index (χ4n) is 0.493. The molecule has 1 atom stereocenters. The van der Waals surface area contributed by atoms with Gasteiger partial charge in [0.25, 0.3) is 0 Å². The molecule has 0 aliphatic heterocycles. The standard InChI is InChI=1S/C7H14.Y/c1-4-6-7(3)5-2;/h7H,1-2,4-6H2,3H3;/q-2;. The predicted octanol–water partition coefficient (Wildman–Crippen LogP) is 2.46. The second-order valence-electron chi connectivity index (χ2n) is 2.04. The first-order valence-corrected chi connectivity index (χ1v) is 2.89. The molecule has 0 saturated carbocycles. The molecule has 0 aliphatic rings. The fourth-order valence-corrected chi connectivity index (χ4v) is 0.493. The fraction of sp³-hybridized carbons (Fsp3) is 0.714. The molecule has 47 valence electrons. The van der Waals surface area contributed by atoms with Crippen LogP contribution in [0.3, 0.4) is 0 Å². The van der Waals surface area contributed by atoms with Gasteiger partial charge in [0.2, 0.25) is 0 Å². The topological polar surface area (TPSA) is 0 Å². The molecule has 0 aromatic rings. The van der Waals surface area contributed by atoms with Gasteiger partial charge in [0.05, 0.1) is 0 Å². The van der Waals surface area contributed by atoms with Crippen LogP contribution in [0.4, 0.5) is 0 Å². The minimum atomic E-state index is 0. The third kappa shape index (κ3) is 7.10. The van der Waals surface area contributed by atoms with E-state index in [2.05, 4.69) is 20.8 Å². The van der Waals surface area contributed by atoms with E-state index in [0.717, 1.165) is 18.8 Å². The zero-order valence-electron chi connectivity index (χ0n) is 5.69. The second-order valence-corrected chi connectivity index (χ2v) is 2.04. The Hall–Kier alpha value is 1.10. The van der Waals surface area contributed by atoms with E-state index in [1.54, 1.807) is 0 Å². The normalized spacial score (nSPS) is 12.4. The van der Waals surface area contributed by atoms with Crippen LogP contribution in [-0.4, -0.2) is 0 Å². The van der Waals surface area contributed by atoms with Crippen molar-refractivity contribution in [2.45, 2.75) is 26.2 Å². The molecule has 0 fully saturated rings. The molecule has 1 radical (unpaired) electrons. The van der Waals surface area contributed by atoms with Crippen LogP contribution in [0.15, 0.2) is 0 Å². The minimum absolute atomic E-state index is 0. The van der Waals surface area contributed by atoms with Gasteiger partial charge in [-0.05, 0) is 0 Å². The Morgan fingerprint density at radius 1 is 1.38 bits per heavy atom. The van der Waals surface area contributed by atoms with Gasteiger partial charge < -0.3 is 13.8 Å². The zero-order valence-corrected chi connectivity index (χ0v) is 8.53. The van der Waals surface area contributed by atoms with Crippen LogP contribution in [0.1, 0.15) is 26.2 Å². The summed E-state index contributed by atoms with van der Waals surface area (Å²) in [4.78, 5) is 0. The third-order valence-electron chi connectivity index (χ3n) is 1.19. The summed E-state index contributed by atoms with van der Waals surface area (Å²) in [6, 6.07) is 0. The summed E-state index contributed by atoms with van der Waals surface area (Å²) in [5, 5.41) is 0. The van der Waals surface area contributed by atoms with Crippen molar-refractivity contribution in [3.05, 3.63) is 13.8 Å². The monoisotopic (exact) mass is 187 g/mol. The van der Waals surface area contributed by atoms with E-state index in [1.807, 2.05) is 0 Å². The third-order valence-corrected chi connectivity index (χ3v) is 1.19. The molecule has 0 aromatic heterocycles. The van der Waals surface area contributed by atoms with Crippen LogP contribution >= 0.6 is 0 Å². The van der Waals surface area contributed by atoms with E-state index < -0.39 is 0 Å².